The third-order valence-corrected chi connectivity index (χ3v) is 2.66. The molecule has 1 aliphatic rings. The first-order chi connectivity index (χ1) is 5.00. The summed E-state index contributed by atoms with van der Waals surface area (Å²) in [5, 5.41) is 0. The number of hydrogen-bond acceptors (Lipinski definition) is 2. The van der Waals surface area contributed by atoms with Crippen molar-refractivity contribution in [1.29, 1.82) is 0 Å². The minimum Gasteiger partial charge on any atom is -0.224 e. The topological polar surface area (TPSA) is 34.1 Å². The van der Waals surface area contributed by atoms with Crippen molar-refractivity contribution in [2.75, 3.05) is 6.26 Å². The molecule has 61 valence electrons. The van der Waals surface area contributed by atoms with Gasteiger partial charge >= 0.3 is 0 Å². The van der Waals surface area contributed by atoms with Crippen LogP contribution in [0.3, 0.4) is 0 Å². The number of halogens is 1. The van der Waals surface area contributed by atoms with Crippen molar-refractivity contribution in [1.82, 2.24) is 0 Å². The Morgan fingerprint density at radius 2 is 2.09 bits per heavy atom. The lowest BCUT2D eigenvalue weighted by atomic mass is 10.2. The van der Waals surface area contributed by atoms with Gasteiger partial charge in [0, 0.05) is 17.6 Å². The fourth-order valence-corrected chi connectivity index (χ4v) is 1.48. The fourth-order valence-electron chi connectivity index (χ4n) is 0.782. The summed E-state index contributed by atoms with van der Waals surface area (Å²) in [6.45, 7) is 0. The Balaban J connectivity index is 2.95. The summed E-state index contributed by atoms with van der Waals surface area (Å²) < 4.78 is 34.0. The molecule has 1 aliphatic carbocycles. The molecule has 0 saturated heterocycles. The van der Waals surface area contributed by atoms with Crippen molar-refractivity contribution in [3.63, 3.8) is 0 Å². The molecule has 11 heavy (non-hydrogen) atoms. The van der Waals surface area contributed by atoms with Crippen LogP contribution in [0.2, 0.25) is 0 Å². The van der Waals surface area contributed by atoms with Crippen LogP contribution >= 0.6 is 0 Å². The molecule has 0 aromatic rings. The van der Waals surface area contributed by atoms with Gasteiger partial charge in [-0.05, 0) is 18.6 Å². The van der Waals surface area contributed by atoms with Crippen LogP contribution in [0.5, 0.6) is 0 Å². The molecule has 0 atom stereocenters. The Bertz CT molecular complexity index is 311. The van der Waals surface area contributed by atoms with Crippen molar-refractivity contribution >= 4 is 9.84 Å². The number of sulfone groups is 1. The molecule has 0 amide bonds. The SMILES string of the molecule is CS(=O)(=O)C1=CC=C(F)[CH]C1. The molecule has 0 bridgehead atoms. The zero-order chi connectivity index (χ0) is 8.48. The second-order valence-corrected chi connectivity index (χ2v) is 4.43. The number of allylic oxidation sites excluding steroid dienone is 4. The average Bonchev–Trinajstić information content (AvgIpc) is 1.86. The molecule has 0 N–H and O–H groups in total. The van der Waals surface area contributed by atoms with E-state index in [1.807, 2.05) is 0 Å². The van der Waals surface area contributed by atoms with E-state index in [1.54, 1.807) is 0 Å². The quantitative estimate of drug-likeness (QED) is 0.603. The van der Waals surface area contributed by atoms with E-state index in [4.69, 9.17) is 0 Å². The average molecular weight is 175 g/mol. The van der Waals surface area contributed by atoms with E-state index in [9.17, 15) is 12.8 Å². The van der Waals surface area contributed by atoms with Gasteiger partial charge in [0.1, 0.15) is 5.83 Å². The minimum atomic E-state index is -3.13. The number of hydrogen-bond donors (Lipinski definition) is 0. The molecule has 0 heterocycles. The van der Waals surface area contributed by atoms with Crippen LogP contribution in [0.4, 0.5) is 4.39 Å². The van der Waals surface area contributed by atoms with Crippen molar-refractivity contribution in [2.45, 2.75) is 6.42 Å². The van der Waals surface area contributed by atoms with Gasteiger partial charge in [0.2, 0.25) is 0 Å². The zero-order valence-electron chi connectivity index (χ0n) is 6.04. The van der Waals surface area contributed by atoms with Crippen LogP contribution in [0.1, 0.15) is 6.42 Å². The van der Waals surface area contributed by atoms with E-state index >= 15 is 0 Å². The van der Waals surface area contributed by atoms with Crippen LogP contribution in [-0.4, -0.2) is 14.7 Å². The normalized spacial score (nSPS) is 19.1. The molecule has 0 aromatic heterocycles. The van der Waals surface area contributed by atoms with Gasteiger partial charge in [-0.1, -0.05) is 0 Å². The first-order valence-corrected chi connectivity index (χ1v) is 4.99. The van der Waals surface area contributed by atoms with Crippen LogP contribution in [0.25, 0.3) is 0 Å². The molecule has 0 spiro atoms. The molecule has 0 fully saturated rings. The van der Waals surface area contributed by atoms with Crippen molar-refractivity contribution < 1.29 is 12.8 Å². The lowest BCUT2D eigenvalue weighted by Crippen LogP contribution is -2.03. The molecule has 2 nitrogen and oxygen atoms in total. The van der Waals surface area contributed by atoms with Gasteiger partial charge in [-0.15, -0.1) is 0 Å². The Kier molecular flexibility index (Phi) is 2.13. The number of rotatable bonds is 1. The highest BCUT2D eigenvalue weighted by Gasteiger charge is 2.14. The molecule has 0 aromatic carbocycles. The van der Waals surface area contributed by atoms with E-state index in [0.29, 0.717) is 0 Å². The molecular weight excluding hydrogens is 167 g/mol. The summed E-state index contributed by atoms with van der Waals surface area (Å²) in [6, 6.07) is 0. The second kappa shape index (κ2) is 2.77. The smallest absolute Gasteiger partial charge is 0.171 e. The van der Waals surface area contributed by atoms with Gasteiger partial charge in [0.25, 0.3) is 0 Å². The largest absolute Gasteiger partial charge is 0.224 e. The molecule has 0 saturated carbocycles. The lowest BCUT2D eigenvalue weighted by molar-refractivity contribution is 0.604. The van der Waals surface area contributed by atoms with Crippen molar-refractivity contribution in [3.8, 4) is 0 Å². The third-order valence-electron chi connectivity index (χ3n) is 1.40. The van der Waals surface area contributed by atoms with Crippen LogP contribution in [-0.2, 0) is 9.84 Å². The Hall–Kier alpha value is -0.640. The Labute approximate surface area is 65.3 Å². The summed E-state index contributed by atoms with van der Waals surface area (Å²) >= 11 is 0. The van der Waals surface area contributed by atoms with Gasteiger partial charge in [-0.25, -0.2) is 12.8 Å². The van der Waals surface area contributed by atoms with Crippen molar-refractivity contribution in [2.24, 2.45) is 0 Å². The van der Waals surface area contributed by atoms with Crippen LogP contribution < -0.4 is 0 Å². The summed E-state index contributed by atoms with van der Waals surface area (Å²) in [5.41, 5.74) is 0. The predicted octanol–water partition coefficient (Wildman–Crippen LogP) is 1.38. The van der Waals surface area contributed by atoms with E-state index in [1.165, 1.54) is 12.5 Å². The molecule has 0 unspecified atom stereocenters. The third kappa shape index (κ3) is 2.15. The molecule has 0 aliphatic heterocycles. The van der Waals surface area contributed by atoms with Gasteiger partial charge in [0.15, 0.2) is 9.84 Å². The summed E-state index contributed by atoms with van der Waals surface area (Å²) in [4.78, 5) is 0.263. The lowest BCUT2D eigenvalue weighted by Gasteiger charge is -2.06. The summed E-state index contributed by atoms with van der Waals surface area (Å²) in [5.74, 6) is -0.377. The maximum absolute atomic E-state index is 12.3. The highest BCUT2D eigenvalue weighted by molar-refractivity contribution is 7.94. The highest BCUT2D eigenvalue weighted by atomic mass is 32.2. The molecule has 1 radical (unpaired) electrons. The summed E-state index contributed by atoms with van der Waals surface area (Å²) in [7, 11) is -3.13. The first kappa shape index (κ1) is 8.46. The maximum Gasteiger partial charge on any atom is 0.171 e. The van der Waals surface area contributed by atoms with Crippen molar-refractivity contribution in [3.05, 3.63) is 29.3 Å². The minimum absolute atomic E-state index is 0.168. The van der Waals surface area contributed by atoms with E-state index in [-0.39, 0.29) is 17.2 Å². The zero-order valence-corrected chi connectivity index (χ0v) is 6.86. The fraction of sp³-hybridized carbons (Fsp3) is 0.286. The molecule has 1 rings (SSSR count). The van der Waals surface area contributed by atoms with E-state index in [2.05, 4.69) is 0 Å². The molecular formula is C7H8FO2S. The maximum atomic E-state index is 12.3. The van der Waals surface area contributed by atoms with Crippen LogP contribution in [0, 0.1) is 6.42 Å². The van der Waals surface area contributed by atoms with Gasteiger partial charge in [0.05, 0.1) is 0 Å². The predicted molar refractivity (Wildman–Crippen MR) is 41.0 cm³/mol. The van der Waals surface area contributed by atoms with Gasteiger partial charge in [-0.3, -0.25) is 0 Å². The van der Waals surface area contributed by atoms with Gasteiger partial charge < -0.3 is 0 Å². The monoisotopic (exact) mass is 175 g/mol. The second-order valence-electron chi connectivity index (χ2n) is 2.36. The Morgan fingerprint density at radius 3 is 2.45 bits per heavy atom. The molecule has 4 heteroatoms. The van der Waals surface area contributed by atoms with Crippen LogP contribution in [0.15, 0.2) is 22.9 Å². The summed E-state index contributed by atoms with van der Waals surface area (Å²) in [6.07, 6.45) is 4.98. The standard InChI is InChI=1S/C7H8FO2S/c1-11(9,10)7-4-2-6(8)3-5-7/h2-4H,5H2,1H3. The highest BCUT2D eigenvalue weighted by Crippen LogP contribution is 2.21. The first-order valence-electron chi connectivity index (χ1n) is 3.10. The van der Waals surface area contributed by atoms with E-state index < -0.39 is 9.84 Å². The van der Waals surface area contributed by atoms with E-state index in [0.717, 1.165) is 12.3 Å². The Morgan fingerprint density at radius 1 is 1.45 bits per heavy atom. The van der Waals surface area contributed by atoms with Gasteiger partial charge in [-0.2, -0.15) is 0 Å².